The Morgan fingerprint density at radius 3 is 2.25 bits per heavy atom. The summed E-state index contributed by atoms with van der Waals surface area (Å²) in [4.78, 5) is 0. The number of rotatable bonds is 10. The van der Waals surface area contributed by atoms with Crippen LogP contribution < -0.4 is 0 Å². The summed E-state index contributed by atoms with van der Waals surface area (Å²) in [7, 11) is 0. The van der Waals surface area contributed by atoms with E-state index >= 15 is 4.39 Å². The van der Waals surface area contributed by atoms with Gasteiger partial charge in [-0.3, -0.25) is 0 Å². The van der Waals surface area contributed by atoms with Crippen LogP contribution in [-0.2, 0) is 11.2 Å². The molecule has 0 aromatic heterocycles. The van der Waals surface area contributed by atoms with Crippen LogP contribution in [0.15, 0.2) is 67.3 Å². The zero-order valence-electron chi connectivity index (χ0n) is 21.0. The summed E-state index contributed by atoms with van der Waals surface area (Å²) in [6, 6.07) is 15.6. The SMILES string of the molecule is C=CCCC1CCC(c2ccc(-c3ccc(-c4ccc(CCCCC)c(F)c4F)cc3)c(F)c2)CO1. The lowest BCUT2D eigenvalue weighted by atomic mass is 9.89. The van der Waals surface area contributed by atoms with Gasteiger partial charge in [-0.05, 0) is 66.8 Å². The van der Waals surface area contributed by atoms with Gasteiger partial charge in [0.15, 0.2) is 11.6 Å². The van der Waals surface area contributed by atoms with Gasteiger partial charge < -0.3 is 4.74 Å². The Hall–Kier alpha value is -2.85. The molecule has 36 heavy (non-hydrogen) atoms. The van der Waals surface area contributed by atoms with Gasteiger partial charge >= 0.3 is 0 Å². The van der Waals surface area contributed by atoms with Gasteiger partial charge in [-0.2, -0.15) is 0 Å². The number of halogens is 3. The minimum atomic E-state index is -0.825. The number of allylic oxidation sites excluding steroid dienone is 1. The molecule has 0 aliphatic carbocycles. The average Bonchev–Trinajstić information content (AvgIpc) is 2.90. The summed E-state index contributed by atoms with van der Waals surface area (Å²) >= 11 is 0. The van der Waals surface area contributed by atoms with E-state index in [4.69, 9.17) is 4.74 Å². The normalized spacial score (nSPS) is 17.8. The Morgan fingerprint density at radius 2 is 1.61 bits per heavy atom. The molecule has 3 aromatic rings. The van der Waals surface area contributed by atoms with Crippen LogP contribution in [0.2, 0.25) is 0 Å². The van der Waals surface area contributed by atoms with Crippen LogP contribution in [0.5, 0.6) is 0 Å². The van der Waals surface area contributed by atoms with Crippen molar-refractivity contribution in [1.82, 2.24) is 0 Å². The van der Waals surface area contributed by atoms with E-state index in [1.807, 2.05) is 12.1 Å². The molecule has 2 unspecified atom stereocenters. The number of ether oxygens (including phenoxy) is 1. The minimum Gasteiger partial charge on any atom is -0.378 e. The molecular weight excluding hydrogens is 457 g/mol. The van der Waals surface area contributed by atoms with Gasteiger partial charge in [0.05, 0.1) is 12.7 Å². The Bertz CT molecular complexity index is 1160. The van der Waals surface area contributed by atoms with E-state index in [2.05, 4.69) is 13.5 Å². The predicted octanol–water partition coefficient (Wildman–Crippen LogP) is 9.40. The molecule has 0 radical (unpaired) electrons. The molecule has 0 amide bonds. The van der Waals surface area contributed by atoms with Crippen LogP contribution in [0.1, 0.15) is 68.9 Å². The van der Waals surface area contributed by atoms with E-state index in [0.29, 0.717) is 35.3 Å². The lowest BCUT2D eigenvalue weighted by molar-refractivity contribution is -0.000212. The lowest BCUT2D eigenvalue weighted by Crippen LogP contribution is -2.24. The first-order valence-electron chi connectivity index (χ1n) is 13.1. The number of hydrogen-bond acceptors (Lipinski definition) is 1. The summed E-state index contributed by atoms with van der Waals surface area (Å²) in [5.74, 6) is -1.69. The molecule has 1 saturated heterocycles. The maximum atomic E-state index is 15.1. The van der Waals surface area contributed by atoms with E-state index < -0.39 is 11.6 Å². The highest BCUT2D eigenvalue weighted by molar-refractivity contribution is 5.71. The topological polar surface area (TPSA) is 9.23 Å². The minimum absolute atomic E-state index is 0.193. The quantitative estimate of drug-likeness (QED) is 0.202. The van der Waals surface area contributed by atoms with Crippen molar-refractivity contribution in [3.8, 4) is 22.3 Å². The van der Waals surface area contributed by atoms with Crippen LogP contribution >= 0.6 is 0 Å². The molecule has 1 nitrogen and oxygen atoms in total. The molecular formula is C32H35F3O. The molecule has 1 fully saturated rings. The number of benzene rings is 3. The second-order valence-corrected chi connectivity index (χ2v) is 9.77. The molecule has 4 heteroatoms. The summed E-state index contributed by atoms with van der Waals surface area (Å²) in [5.41, 5.74) is 3.34. The lowest BCUT2D eigenvalue weighted by Gasteiger charge is -2.29. The summed E-state index contributed by atoms with van der Waals surface area (Å²) in [5, 5.41) is 0. The molecule has 0 saturated carbocycles. The molecule has 1 aliphatic heterocycles. The van der Waals surface area contributed by atoms with Crippen molar-refractivity contribution in [3.05, 3.63) is 95.8 Å². The first-order chi connectivity index (χ1) is 17.5. The van der Waals surface area contributed by atoms with Gasteiger partial charge in [-0.25, -0.2) is 13.2 Å². The molecule has 190 valence electrons. The smallest absolute Gasteiger partial charge is 0.166 e. The zero-order valence-corrected chi connectivity index (χ0v) is 21.0. The highest BCUT2D eigenvalue weighted by Crippen LogP contribution is 2.34. The van der Waals surface area contributed by atoms with Gasteiger partial charge in [-0.15, -0.1) is 6.58 Å². The van der Waals surface area contributed by atoms with Crippen molar-refractivity contribution in [1.29, 1.82) is 0 Å². The van der Waals surface area contributed by atoms with Crippen molar-refractivity contribution >= 4 is 0 Å². The fourth-order valence-electron chi connectivity index (χ4n) is 5.02. The standard InChI is InChI=1S/C32H35F3O/c1-3-5-7-8-24-15-19-29(32(35)31(24)34)23-12-10-22(11-13-23)28-18-16-25(20-30(28)33)26-14-17-27(36-21-26)9-6-4-2/h4,10-13,15-16,18-20,26-27H,2-3,5-9,14,17,21H2,1H3. The van der Waals surface area contributed by atoms with Crippen LogP contribution in [0.3, 0.4) is 0 Å². The maximum absolute atomic E-state index is 15.1. The molecule has 0 bridgehead atoms. The Morgan fingerprint density at radius 1 is 0.889 bits per heavy atom. The van der Waals surface area contributed by atoms with Crippen molar-refractivity contribution in [2.75, 3.05) is 6.61 Å². The van der Waals surface area contributed by atoms with E-state index in [1.54, 1.807) is 48.5 Å². The highest BCUT2D eigenvalue weighted by Gasteiger charge is 2.23. The Kier molecular flexibility index (Phi) is 9.03. The zero-order chi connectivity index (χ0) is 25.5. The number of aryl methyl sites for hydroxylation is 1. The number of hydrogen-bond donors (Lipinski definition) is 0. The third-order valence-corrected chi connectivity index (χ3v) is 7.25. The van der Waals surface area contributed by atoms with Crippen LogP contribution in [0.25, 0.3) is 22.3 Å². The first-order valence-corrected chi connectivity index (χ1v) is 13.1. The van der Waals surface area contributed by atoms with Crippen molar-refractivity contribution < 1.29 is 17.9 Å². The van der Waals surface area contributed by atoms with E-state index in [9.17, 15) is 8.78 Å². The molecule has 1 aliphatic rings. The molecule has 0 spiro atoms. The Balaban J connectivity index is 1.46. The van der Waals surface area contributed by atoms with E-state index in [1.165, 1.54) is 0 Å². The summed E-state index contributed by atoms with van der Waals surface area (Å²) in [6.45, 7) is 6.45. The van der Waals surface area contributed by atoms with Crippen molar-refractivity contribution in [2.45, 2.75) is 70.3 Å². The predicted molar refractivity (Wildman–Crippen MR) is 142 cm³/mol. The summed E-state index contributed by atoms with van der Waals surface area (Å²) < 4.78 is 50.5. The van der Waals surface area contributed by atoms with E-state index in [-0.39, 0.29) is 23.4 Å². The fraction of sp³-hybridized carbons (Fsp3) is 0.375. The monoisotopic (exact) mass is 492 g/mol. The van der Waals surface area contributed by atoms with Gasteiger partial charge in [0, 0.05) is 17.0 Å². The summed E-state index contributed by atoms with van der Waals surface area (Å²) in [6.07, 6.45) is 9.46. The molecule has 0 N–H and O–H groups in total. The fourth-order valence-corrected chi connectivity index (χ4v) is 5.02. The Labute approximate surface area is 213 Å². The number of unbranched alkanes of at least 4 members (excludes halogenated alkanes) is 2. The van der Waals surface area contributed by atoms with Crippen LogP contribution in [0, 0.1) is 17.5 Å². The van der Waals surface area contributed by atoms with Gasteiger partial charge in [-0.1, -0.05) is 74.4 Å². The van der Waals surface area contributed by atoms with Gasteiger partial charge in [0.25, 0.3) is 0 Å². The maximum Gasteiger partial charge on any atom is 0.166 e. The second-order valence-electron chi connectivity index (χ2n) is 9.77. The molecule has 4 rings (SSSR count). The van der Waals surface area contributed by atoms with Crippen LogP contribution in [0.4, 0.5) is 13.2 Å². The first kappa shape index (κ1) is 26.2. The average molecular weight is 493 g/mol. The van der Waals surface area contributed by atoms with Crippen LogP contribution in [-0.4, -0.2) is 12.7 Å². The highest BCUT2D eigenvalue weighted by atomic mass is 19.2. The largest absolute Gasteiger partial charge is 0.378 e. The molecule has 3 aromatic carbocycles. The second kappa shape index (κ2) is 12.4. The van der Waals surface area contributed by atoms with Gasteiger partial charge in [0.2, 0.25) is 0 Å². The van der Waals surface area contributed by atoms with E-state index in [0.717, 1.165) is 50.5 Å². The molecule has 1 heterocycles. The van der Waals surface area contributed by atoms with Crippen molar-refractivity contribution in [2.24, 2.45) is 0 Å². The van der Waals surface area contributed by atoms with Gasteiger partial charge in [0.1, 0.15) is 5.82 Å². The third-order valence-electron chi connectivity index (χ3n) is 7.25. The molecule has 2 atom stereocenters. The van der Waals surface area contributed by atoms with Crippen molar-refractivity contribution in [3.63, 3.8) is 0 Å². The third kappa shape index (κ3) is 6.10.